The molecule has 4 N–H and O–H groups in total. The number of carbonyl (C=O) groups is 2. The van der Waals surface area contributed by atoms with Crippen LogP contribution in [0.15, 0.2) is 84.9 Å². The molecule has 0 saturated carbocycles. The molecule has 32 heavy (non-hydrogen) atoms. The predicted molar refractivity (Wildman–Crippen MR) is 122 cm³/mol. The zero-order valence-electron chi connectivity index (χ0n) is 17.7. The Labute approximate surface area is 187 Å². The molecule has 166 valence electrons. The number of halogens is 1. The molecule has 0 spiro atoms. The van der Waals surface area contributed by atoms with Gasteiger partial charge in [-0.25, -0.2) is 4.39 Å². The van der Waals surface area contributed by atoms with Crippen molar-refractivity contribution in [3.05, 3.63) is 107 Å². The summed E-state index contributed by atoms with van der Waals surface area (Å²) in [6, 6.07) is 23.5. The van der Waals surface area contributed by atoms with Crippen molar-refractivity contribution in [2.75, 3.05) is 6.44 Å². The molecule has 0 aliphatic carbocycles. The standard InChI is InChI=1S/C17H18BFN2O4.C7H8/c19-14-8-4-7-13(9-14)15(10-16(22)20-11-18(24)25)21-17(23)12-5-2-1-3-6-12;1-7-5-3-2-4-6-7/h1-9,15,24-25H,10-11H2,(H,20,22)(H,21,23);2-6H,1H3. The molecule has 8 heteroatoms. The minimum Gasteiger partial charge on any atom is -0.426 e. The van der Waals surface area contributed by atoms with Crippen LogP contribution in [0.4, 0.5) is 4.39 Å². The maximum atomic E-state index is 13.5. The van der Waals surface area contributed by atoms with Crippen molar-refractivity contribution < 1.29 is 24.0 Å². The number of carbonyl (C=O) groups excluding carboxylic acids is 2. The summed E-state index contributed by atoms with van der Waals surface area (Å²) in [4.78, 5) is 24.3. The van der Waals surface area contributed by atoms with Gasteiger partial charge >= 0.3 is 7.12 Å². The first-order valence-corrected chi connectivity index (χ1v) is 10.1. The van der Waals surface area contributed by atoms with Gasteiger partial charge in [-0.3, -0.25) is 9.59 Å². The van der Waals surface area contributed by atoms with Crippen LogP contribution in [-0.2, 0) is 4.79 Å². The van der Waals surface area contributed by atoms with Crippen LogP contribution in [0.2, 0.25) is 0 Å². The number of rotatable bonds is 7. The third-order valence-corrected chi connectivity index (χ3v) is 4.40. The average Bonchev–Trinajstić information content (AvgIpc) is 2.79. The van der Waals surface area contributed by atoms with E-state index in [0.29, 0.717) is 11.1 Å². The third-order valence-electron chi connectivity index (χ3n) is 4.40. The highest BCUT2D eigenvalue weighted by atomic mass is 19.1. The highest BCUT2D eigenvalue weighted by Gasteiger charge is 2.20. The van der Waals surface area contributed by atoms with E-state index >= 15 is 0 Å². The van der Waals surface area contributed by atoms with Crippen molar-refractivity contribution >= 4 is 18.9 Å². The van der Waals surface area contributed by atoms with Gasteiger partial charge in [-0.15, -0.1) is 0 Å². The van der Waals surface area contributed by atoms with Gasteiger partial charge < -0.3 is 20.7 Å². The van der Waals surface area contributed by atoms with Gasteiger partial charge in [0, 0.05) is 5.56 Å². The van der Waals surface area contributed by atoms with Crippen LogP contribution in [0, 0.1) is 12.7 Å². The monoisotopic (exact) mass is 436 g/mol. The highest BCUT2D eigenvalue weighted by Crippen LogP contribution is 2.19. The Morgan fingerprint density at radius 2 is 1.56 bits per heavy atom. The lowest BCUT2D eigenvalue weighted by atomic mass is 9.92. The van der Waals surface area contributed by atoms with Gasteiger partial charge in [0.1, 0.15) is 5.82 Å². The Balaban J connectivity index is 0.000000439. The number of hydrogen-bond acceptors (Lipinski definition) is 4. The van der Waals surface area contributed by atoms with Gasteiger partial charge in [0.2, 0.25) is 5.91 Å². The fraction of sp³-hybridized carbons (Fsp3) is 0.167. The molecule has 3 aromatic rings. The van der Waals surface area contributed by atoms with Gasteiger partial charge in [-0.2, -0.15) is 0 Å². The Hall–Kier alpha value is -3.49. The summed E-state index contributed by atoms with van der Waals surface area (Å²) in [5.74, 6) is -1.39. The van der Waals surface area contributed by atoms with E-state index in [1.165, 1.54) is 23.8 Å². The summed E-state index contributed by atoms with van der Waals surface area (Å²) in [6.07, 6.45) is -0.504. The van der Waals surface area contributed by atoms with Crippen molar-refractivity contribution in [3.63, 3.8) is 0 Å². The first-order valence-electron chi connectivity index (χ1n) is 10.1. The molecule has 0 saturated heterocycles. The summed E-state index contributed by atoms with van der Waals surface area (Å²) in [5.41, 5.74) is 2.17. The van der Waals surface area contributed by atoms with E-state index in [-0.39, 0.29) is 12.9 Å². The molecule has 0 aliphatic rings. The second-order valence-electron chi connectivity index (χ2n) is 7.09. The van der Waals surface area contributed by atoms with Gasteiger partial charge in [-0.05, 0) is 36.8 Å². The molecule has 0 heterocycles. The Morgan fingerprint density at radius 1 is 0.938 bits per heavy atom. The number of hydrogen-bond donors (Lipinski definition) is 4. The molecule has 3 aromatic carbocycles. The number of amides is 2. The number of nitrogens with one attached hydrogen (secondary N) is 2. The van der Waals surface area contributed by atoms with E-state index in [1.807, 2.05) is 18.2 Å². The molecule has 1 atom stereocenters. The summed E-state index contributed by atoms with van der Waals surface area (Å²) in [6.45, 7) is 2.08. The smallest absolute Gasteiger partial charge is 0.426 e. The quantitative estimate of drug-likeness (QED) is 0.428. The molecule has 3 rings (SSSR count). The van der Waals surface area contributed by atoms with E-state index in [9.17, 15) is 14.0 Å². The molecule has 1 unspecified atom stereocenters. The lowest BCUT2D eigenvalue weighted by Gasteiger charge is -2.19. The van der Waals surface area contributed by atoms with Crippen LogP contribution < -0.4 is 10.6 Å². The van der Waals surface area contributed by atoms with Crippen molar-refractivity contribution in [2.45, 2.75) is 19.4 Å². The first kappa shape index (κ1) is 24.8. The summed E-state index contributed by atoms with van der Waals surface area (Å²) in [7, 11) is -1.67. The Bertz CT molecular complexity index is 988. The SMILES string of the molecule is Cc1ccccc1.O=C(CC(NC(=O)c1ccccc1)c1cccc(F)c1)NCB(O)O. The first-order chi connectivity index (χ1) is 15.3. The maximum absolute atomic E-state index is 13.5. The molecule has 0 fully saturated rings. The minimum absolute atomic E-state index is 0.172. The predicted octanol–water partition coefficient (Wildman–Crippen LogP) is 2.81. The zero-order chi connectivity index (χ0) is 23.3. The van der Waals surface area contributed by atoms with Crippen molar-refractivity contribution in [1.82, 2.24) is 10.6 Å². The van der Waals surface area contributed by atoms with Gasteiger partial charge in [0.15, 0.2) is 0 Å². The largest absolute Gasteiger partial charge is 0.472 e. The van der Waals surface area contributed by atoms with E-state index in [4.69, 9.17) is 10.0 Å². The van der Waals surface area contributed by atoms with E-state index < -0.39 is 30.8 Å². The molecule has 0 aliphatic heterocycles. The molecule has 0 radical (unpaired) electrons. The summed E-state index contributed by atoms with van der Waals surface area (Å²) in [5, 5.41) is 22.6. The van der Waals surface area contributed by atoms with E-state index in [0.717, 1.165) is 0 Å². The molecular formula is C24H26BFN2O4. The Kier molecular flexibility index (Phi) is 10.1. The molecule has 2 amide bonds. The fourth-order valence-electron chi connectivity index (χ4n) is 2.80. The molecular weight excluding hydrogens is 410 g/mol. The van der Waals surface area contributed by atoms with Gasteiger partial charge in [0.05, 0.1) is 18.9 Å². The van der Waals surface area contributed by atoms with Crippen LogP contribution in [0.1, 0.15) is 33.9 Å². The van der Waals surface area contributed by atoms with E-state index in [1.54, 1.807) is 36.4 Å². The van der Waals surface area contributed by atoms with Crippen LogP contribution in [0.5, 0.6) is 0 Å². The number of aryl methyl sites for hydroxylation is 1. The van der Waals surface area contributed by atoms with Crippen LogP contribution in [-0.4, -0.2) is 35.4 Å². The second-order valence-corrected chi connectivity index (χ2v) is 7.09. The minimum atomic E-state index is -1.67. The summed E-state index contributed by atoms with van der Waals surface area (Å²) < 4.78 is 13.5. The normalized spacial score (nSPS) is 10.9. The van der Waals surface area contributed by atoms with E-state index in [2.05, 4.69) is 29.7 Å². The molecule has 0 aromatic heterocycles. The van der Waals surface area contributed by atoms with Crippen LogP contribution in [0.25, 0.3) is 0 Å². The maximum Gasteiger partial charge on any atom is 0.472 e. The molecule has 0 bridgehead atoms. The van der Waals surface area contributed by atoms with Gasteiger partial charge in [-0.1, -0.05) is 66.2 Å². The summed E-state index contributed by atoms with van der Waals surface area (Å²) >= 11 is 0. The van der Waals surface area contributed by atoms with Crippen molar-refractivity contribution in [2.24, 2.45) is 0 Å². The van der Waals surface area contributed by atoms with Crippen LogP contribution in [0.3, 0.4) is 0 Å². The highest BCUT2D eigenvalue weighted by molar-refractivity contribution is 6.41. The fourth-order valence-corrected chi connectivity index (χ4v) is 2.80. The topological polar surface area (TPSA) is 98.7 Å². The lowest BCUT2D eigenvalue weighted by molar-refractivity contribution is -0.121. The van der Waals surface area contributed by atoms with Crippen LogP contribution >= 0.6 is 0 Å². The average molecular weight is 436 g/mol. The second kappa shape index (κ2) is 13.0. The van der Waals surface area contributed by atoms with Gasteiger partial charge in [0.25, 0.3) is 5.91 Å². The zero-order valence-corrected chi connectivity index (χ0v) is 17.7. The lowest BCUT2D eigenvalue weighted by Crippen LogP contribution is -2.38. The number of benzene rings is 3. The van der Waals surface area contributed by atoms with Crippen molar-refractivity contribution in [3.8, 4) is 0 Å². The third kappa shape index (κ3) is 9.12. The molecule has 6 nitrogen and oxygen atoms in total. The Morgan fingerprint density at radius 3 is 2.09 bits per heavy atom. The van der Waals surface area contributed by atoms with Crippen molar-refractivity contribution in [1.29, 1.82) is 0 Å².